The topological polar surface area (TPSA) is 128 Å². The number of carbonyl (C=O) groups is 2. The highest BCUT2D eigenvalue weighted by atomic mass is 16.6. The van der Waals surface area contributed by atoms with Crippen molar-refractivity contribution in [3.63, 3.8) is 0 Å². The monoisotopic (exact) mass is 636 g/mol. The van der Waals surface area contributed by atoms with Gasteiger partial charge in [0.15, 0.2) is 0 Å². The van der Waals surface area contributed by atoms with Gasteiger partial charge in [-0.3, -0.25) is 14.6 Å². The number of fused-ring (bicyclic) bond motifs is 4. The van der Waals surface area contributed by atoms with E-state index in [1.165, 1.54) is 13.3 Å². The van der Waals surface area contributed by atoms with Crippen molar-refractivity contribution in [1.29, 1.82) is 0 Å². The zero-order valence-electron chi connectivity index (χ0n) is 27.8. The van der Waals surface area contributed by atoms with E-state index >= 15 is 0 Å². The van der Waals surface area contributed by atoms with E-state index in [0.29, 0.717) is 18.5 Å². The molecule has 10 nitrogen and oxygen atoms in total. The Hall–Kier alpha value is -3.24. The van der Waals surface area contributed by atoms with Crippen molar-refractivity contribution in [3.8, 4) is 17.1 Å². The molecule has 1 saturated heterocycles. The molecule has 4 heterocycles. The highest BCUT2D eigenvalue weighted by Crippen LogP contribution is 2.68. The molecule has 0 bridgehead atoms. The molecule has 3 fully saturated rings. The lowest BCUT2D eigenvalue weighted by molar-refractivity contribution is -0.262. The Labute approximate surface area is 270 Å². The molecule has 10 heteroatoms. The SMILES string of the molecule is CC(=O)OCC1(C)C2C[C@H](OC(=O)CCN3CCCCC3)[C@@]3(C)Oc4cc(-c5cccnc5)oc(=O)c4[C@H](O)C3[C@@]2(C)CC[C@@H]1C. The molecule has 3 unspecified atom stereocenters. The molecule has 0 aromatic carbocycles. The molecule has 4 aliphatic rings. The van der Waals surface area contributed by atoms with Gasteiger partial charge in [-0.1, -0.05) is 27.2 Å². The van der Waals surface area contributed by atoms with Gasteiger partial charge < -0.3 is 28.6 Å². The lowest BCUT2D eigenvalue weighted by Gasteiger charge is -2.66. The van der Waals surface area contributed by atoms with Crippen LogP contribution in [0.15, 0.2) is 39.8 Å². The van der Waals surface area contributed by atoms with Crippen LogP contribution in [0.5, 0.6) is 5.75 Å². The van der Waals surface area contributed by atoms with E-state index in [1.807, 2.05) is 6.92 Å². The smallest absolute Gasteiger partial charge is 0.345 e. The number of piperidine rings is 1. The molecule has 2 aliphatic heterocycles. The summed E-state index contributed by atoms with van der Waals surface area (Å²) in [6.45, 7) is 12.6. The number of aromatic nitrogens is 1. The fourth-order valence-corrected chi connectivity index (χ4v) is 9.35. The van der Waals surface area contributed by atoms with Gasteiger partial charge in [0.1, 0.15) is 28.8 Å². The summed E-state index contributed by atoms with van der Waals surface area (Å²) >= 11 is 0. The third-order valence-electron chi connectivity index (χ3n) is 12.0. The van der Waals surface area contributed by atoms with Crippen LogP contribution in [0.2, 0.25) is 0 Å². The summed E-state index contributed by atoms with van der Waals surface area (Å²) in [4.78, 5) is 45.6. The number of carbonyl (C=O) groups excluding carboxylic acids is 2. The number of ether oxygens (including phenoxy) is 3. The van der Waals surface area contributed by atoms with E-state index in [-0.39, 0.29) is 53.9 Å². The average Bonchev–Trinajstić information content (AvgIpc) is 3.02. The van der Waals surface area contributed by atoms with Gasteiger partial charge in [0.25, 0.3) is 0 Å². The summed E-state index contributed by atoms with van der Waals surface area (Å²) in [5.41, 5.74) is -2.15. The maximum atomic E-state index is 13.6. The second-order valence-corrected chi connectivity index (χ2v) is 14.8. The van der Waals surface area contributed by atoms with Crippen molar-refractivity contribution >= 4 is 11.9 Å². The Kier molecular flexibility index (Phi) is 8.82. The number of hydrogen-bond acceptors (Lipinski definition) is 10. The van der Waals surface area contributed by atoms with Crippen molar-refractivity contribution in [2.24, 2.45) is 28.6 Å². The van der Waals surface area contributed by atoms with Gasteiger partial charge in [-0.2, -0.15) is 0 Å². The van der Waals surface area contributed by atoms with Crippen LogP contribution in [0.25, 0.3) is 11.3 Å². The van der Waals surface area contributed by atoms with Gasteiger partial charge in [0.05, 0.1) is 19.1 Å². The van der Waals surface area contributed by atoms with Crippen LogP contribution in [0.4, 0.5) is 0 Å². The van der Waals surface area contributed by atoms with Crippen LogP contribution < -0.4 is 10.4 Å². The quantitative estimate of drug-likeness (QED) is 0.399. The fraction of sp³-hybridized carbons (Fsp3) is 0.667. The molecule has 8 atom stereocenters. The number of aliphatic hydroxyl groups excluding tert-OH is 1. The van der Waals surface area contributed by atoms with Crippen LogP contribution in [0, 0.1) is 28.6 Å². The van der Waals surface area contributed by atoms with E-state index in [2.05, 4.69) is 30.7 Å². The molecule has 2 aromatic rings. The molecular weight excluding hydrogens is 588 g/mol. The number of nitrogens with zero attached hydrogens (tertiary/aromatic N) is 2. The summed E-state index contributed by atoms with van der Waals surface area (Å²) in [6.07, 6.45) is 7.10. The van der Waals surface area contributed by atoms with Crippen LogP contribution in [-0.2, 0) is 19.1 Å². The molecule has 0 radical (unpaired) electrons. The Morgan fingerprint density at radius 3 is 2.63 bits per heavy atom. The molecule has 6 rings (SSSR count). The summed E-state index contributed by atoms with van der Waals surface area (Å²) in [7, 11) is 0. The van der Waals surface area contributed by atoms with Crippen molar-refractivity contribution in [1.82, 2.24) is 9.88 Å². The number of rotatable bonds is 7. The third-order valence-corrected chi connectivity index (χ3v) is 12.0. The minimum Gasteiger partial charge on any atom is -0.482 e. The molecule has 250 valence electrons. The lowest BCUT2D eigenvalue weighted by atomic mass is 9.41. The number of likely N-dealkylation sites (tertiary alicyclic amines) is 1. The van der Waals surface area contributed by atoms with E-state index in [0.717, 1.165) is 38.8 Å². The van der Waals surface area contributed by atoms with Crippen molar-refractivity contribution in [2.45, 2.75) is 97.4 Å². The zero-order valence-corrected chi connectivity index (χ0v) is 27.8. The summed E-state index contributed by atoms with van der Waals surface area (Å²) in [5, 5.41) is 12.3. The molecule has 0 spiro atoms. The molecule has 0 amide bonds. The molecule has 2 aliphatic carbocycles. The standard InChI is InChI=1S/C36H48N2O8/c1-22-11-13-34(3)27(35(22,4)21-43-23(2)39)19-28(45-29(40)12-17-38-15-7-6-8-16-38)36(5)32(34)31(41)30-26(46-36)18-25(44-33(30)42)24-10-9-14-37-20-24/h9-10,14,18,20,22,27-28,31-32,41H,6-8,11-13,15-17,19,21H2,1-5H3/t22-,27?,28-,31-,32?,34-,35?,36+/m0/s1. The predicted molar refractivity (Wildman–Crippen MR) is 170 cm³/mol. The Bertz CT molecular complexity index is 1510. The summed E-state index contributed by atoms with van der Waals surface area (Å²) in [6, 6.07) is 5.17. The predicted octanol–water partition coefficient (Wildman–Crippen LogP) is 5.32. The van der Waals surface area contributed by atoms with Gasteiger partial charge in [-0.15, -0.1) is 0 Å². The molecule has 2 aromatic heterocycles. The van der Waals surface area contributed by atoms with Crippen molar-refractivity contribution in [3.05, 3.63) is 46.6 Å². The minimum atomic E-state index is -1.23. The highest BCUT2D eigenvalue weighted by molar-refractivity contribution is 5.70. The van der Waals surface area contributed by atoms with Crippen LogP contribution in [0.1, 0.15) is 91.2 Å². The Balaban J connectivity index is 1.40. The minimum absolute atomic E-state index is 0.0764. The second kappa shape index (κ2) is 12.4. The number of aliphatic hydroxyl groups is 1. The first-order chi connectivity index (χ1) is 21.9. The maximum absolute atomic E-state index is 13.6. The molecule has 2 saturated carbocycles. The fourth-order valence-electron chi connectivity index (χ4n) is 9.35. The van der Waals surface area contributed by atoms with E-state index in [1.54, 1.807) is 30.6 Å². The van der Waals surface area contributed by atoms with Crippen molar-refractivity contribution < 1.29 is 33.3 Å². The number of pyridine rings is 1. The first-order valence-electron chi connectivity index (χ1n) is 16.9. The van der Waals surface area contributed by atoms with Gasteiger partial charge in [-0.05, 0) is 81.5 Å². The first-order valence-corrected chi connectivity index (χ1v) is 16.9. The van der Waals surface area contributed by atoms with Crippen LogP contribution >= 0.6 is 0 Å². The van der Waals surface area contributed by atoms with Gasteiger partial charge >= 0.3 is 17.6 Å². The largest absolute Gasteiger partial charge is 0.482 e. The van der Waals surface area contributed by atoms with Gasteiger partial charge in [0.2, 0.25) is 0 Å². The Morgan fingerprint density at radius 2 is 1.93 bits per heavy atom. The summed E-state index contributed by atoms with van der Waals surface area (Å²) in [5.74, 6) is -0.668. The van der Waals surface area contributed by atoms with E-state index in [9.17, 15) is 19.5 Å². The first kappa shape index (κ1) is 32.7. The highest BCUT2D eigenvalue weighted by Gasteiger charge is 2.70. The summed E-state index contributed by atoms with van der Waals surface area (Å²) < 4.78 is 24.6. The number of hydrogen-bond donors (Lipinski definition) is 1. The van der Waals surface area contributed by atoms with E-state index < -0.39 is 40.2 Å². The second-order valence-electron chi connectivity index (χ2n) is 14.8. The zero-order chi connectivity index (χ0) is 32.9. The lowest BCUT2D eigenvalue weighted by Crippen LogP contribution is -2.70. The molecule has 1 N–H and O–H groups in total. The van der Waals surface area contributed by atoms with Gasteiger partial charge in [-0.25, -0.2) is 4.79 Å². The molecule has 46 heavy (non-hydrogen) atoms. The average molecular weight is 637 g/mol. The Morgan fingerprint density at radius 1 is 1.17 bits per heavy atom. The third kappa shape index (κ3) is 5.65. The number of esters is 2. The normalized spacial score (nSPS) is 35.6. The molecular formula is C36H48N2O8. The maximum Gasteiger partial charge on any atom is 0.345 e. The van der Waals surface area contributed by atoms with Gasteiger partial charge in [0, 0.05) is 48.8 Å². The van der Waals surface area contributed by atoms with Crippen LogP contribution in [-0.4, -0.2) is 64.9 Å². The van der Waals surface area contributed by atoms with Crippen LogP contribution in [0.3, 0.4) is 0 Å². The van der Waals surface area contributed by atoms with E-state index in [4.69, 9.17) is 18.6 Å². The van der Waals surface area contributed by atoms with Crippen molar-refractivity contribution in [2.75, 3.05) is 26.2 Å².